The number of aromatic nitrogens is 1. The first kappa shape index (κ1) is 21.3. The van der Waals surface area contributed by atoms with Crippen LogP contribution in [0.4, 0.5) is 9.52 Å². The number of hydrogen-bond acceptors (Lipinski definition) is 4. The summed E-state index contributed by atoms with van der Waals surface area (Å²) in [4.78, 5) is 19.6. The highest BCUT2D eigenvalue weighted by Gasteiger charge is 2.30. The third-order valence-corrected chi connectivity index (χ3v) is 7.16. The Morgan fingerprint density at radius 2 is 1.58 bits per heavy atom. The summed E-state index contributed by atoms with van der Waals surface area (Å²) in [6.07, 6.45) is 1.97. The summed E-state index contributed by atoms with van der Waals surface area (Å²) in [5, 5.41) is 10.2. The zero-order valence-corrected chi connectivity index (χ0v) is 18.8. The van der Waals surface area contributed by atoms with Gasteiger partial charge in [0, 0.05) is 18.2 Å². The second-order valence-electron chi connectivity index (χ2n) is 8.21. The molecule has 2 heterocycles. The number of rotatable bonds is 6. The summed E-state index contributed by atoms with van der Waals surface area (Å²) in [7, 11) is 0. The average Bonchev–Trinajstić information content (AvgIpc) is 3.47. The Balaban J connectivity index is 1.53. The monoisotopic (exact) mass is 458 g/mol. The standard InChI is InChI=1S/C27H23FN2O2S/c28-22-14-12-19(13-15-22)18-8-10-20(11-9-18)25-26(21-5-2-1-3-6-21)33-27(29-25)30-16-4-7-23(30)17-24(31)32/h1-3,5-6,8-15,23H,4,7,16-17H2,(H,31,32)/t23-/m0/s1. The highest BCUT2D eigenvalue weighted by molar-refractivity contribution is 7.19. The summed E-state index contributed by atoms with van der Waals surface area (Å²) in [6.45, 7) is 0.822. The molecule has 1 aliphatic rings. The molecule has 1 saturated heterocycles. The normalized spacial score (nSPS) is 15.7. The molecule has 33 heavy (non-hydrogen) atoms. The van der Waals surface area contributed by atoms with Crippen LogP contribution >= 0.6 is 11.3 Å². The van der Waals surface area contributed by atoms with Gasteiger partial charge in [-0.05, 0) is 41.7 Å². The van der Waals surface area contributed by atoms with Crippen LogP contribution in [-0.2, 0) is 4.79 Å². The van der Waals surface area contributed by atoms with Gasteiger partial charge in [0.2, 0.25) is 0 Å². The van der Waals surface area contributed by atoms with Gasteiger partial charge in [-0.3, -0.25) is 4.79 Å². The van der Waals surface area contributed by atoms with E-state index in [9.17, 15) is 14.3 Å². The molecule has 1 atom stereocenters. The van der Waals surface area contributed by atoms with Gasteiger partial charge in [0.25, 0.3) is 0 Å². The number of carboxylic acid groups (broad SMARTS) is 1. The Morgan fingerprint density at radius 1 is 0.939 bits per heavy atom. The third kappa shape index (κ3) is 4.52. The molecule has 1 fully saturated rings. The molecule has 0 radical (unpaired) electrons. The second kappa shape index (κ2) is 9.16. The Hall–Kier alpha value is -3.51. The molecule has 166 valence electrons. The van der Waals surface area contributed by atoms with Crippen molar-refractivity contribution >= 4 is 22.4 Å². The molecular weight excluding hydrogens is 435 g/mol. The van der Waals surface area contributed by atoms with E-state index < -0.39 is 5.97 Å². The van der Waals surface area contributed by atoms with Crippen LogP contribution in [0.15, 0.2) is 78.9 Å². The second-order valence-corrected chi connectivity index (χ2v) is 9.19. The number of halogens is 1. The van der Waals surface area contributed by atoms with Crippen LogP contribution < -0.4 is 4.90 Å². The van der Waals surface area contributed by atoms with E-state index in [1.165, 1.54) is 12.1 Å². The molecular formula is C27H23FN2O2S. The van der Waals surface area contributed by atoms with Crippen molar-refractivity contribution in [3.05, 3.63) is 84.7 Å². The molecule has 0 aliphatic carbocycles. The SMILES string of the molecule is O=C(O)C[C@@H]1CCCN1c1nc(-c2ccc(-c3ccc(F)cc3)cc2)c(-c2ccccc2)s1. The molecule has 0 unspecified atom stereocenters. The molecule has 1 aromatic heterocycles. The summed E-state index contributed by atoms with van der Waals surface area (Å²) in [6, 6.07) is 24.8. The number of carbonyl (C=O) groups is 1. The average molecular weight is 459 g/mol. The van der Waals surface area contributed by atoms with E-state index in [-0.39, 0.29) is 18.3 Å². The van der Waals surface area contributed by atoms with Gasteiger partial charge in [-0.25, -0.2) is 9.37 Å². The molecule has 0 saturated carbocycles. The Morgan fingerprint density at radius 3 is 2.24 bits per heavy atom. The van der Waals surface area contributed by atoms with Crippen molar-refractivity contribution in [2.24, 2.45) is 0 Å². The minimum absolute atomic E-state index is 0.0222. The molecule has 6 heteroatoms. The first-order valence-corrected chi connectivity index (χ1v) is 11.8. The van der Waals surface area contributed by atoms with Crippen molar-refractivity contribution in [3.8, 4) is 32.8 Å². The Kier molecular flexibility index (Phi) is 5.92. The molecule has 1 N–H and O–H groups in total. The number of carboxylic acids is 1. The molecule has 0 spiro atoms. The molecule has 1 aliphatic heterocycles. The van der Waals surface area contributed by atoms with Crippen LogP contribution in [0.2, 0.25) is 0 Å². The smallest absolute Gasteiger partial charge is 0.305 e. The fourth-order valence-electron chi connectivity index (χ4n) is 4.38. The van der Waals surface area contributed by atoms with Crippen molar-refractivity contribution in [1.29, 1.82) is 0 Å². The van der Waals surface area contributed by atoms with Crippen LogP contribution in [-0.4, -0.2) is 28.6 Å². The molecule has 0 bridgehead atoms. The van der Waals surface area contributed by atoms with Gasteiger partial charge >= 0.3 is 5.97 Å². The molecule has 4 aromatic rings. The minimum atomic E-state index is -0.775. The maximum absolute atomic E-state index is 13.3. The highest BCUT2D eigenvalue weighted by Crippen LogP contribution is 2.42. The molecule has 0 amide bonds. The maximum Gasteiger partial charge on any atom is 0.305 e. The highest BCUT2D eigenvalue weighted by atomic mass is 32.1. The summed E-state index contributed by atoms with van der Waals surface area (Å²) in [5.41, 5.74) is 4.95. The fraction of sp³-hybridized carbons (Fsp3) is 0.185. The van der Waals surface area contributed by atoms with Gasteiger partial charge in [0.15, 0.2) is 5.13 Å². The fourth-order valence-corrected chi connectivity index (χ4v) is 5.57. The van der Waals surface area contributed by atoms with E-state index in [0.29, 0.717) is 0 Å². The van der Waals surface area contributed by atoms with Crippen molar-refractivity contribution in [1.82, 2.24) is 4.98 Å². The third-order valence-electron chi connectivity index (χ3n) is 6.02. The minimum Gasteiger partial charge on any atom is -0.481 e. The number of hydrogen-bond donors (Lipinski definition) is 1. The van der Waals surface area contributed by atoms with Gasteiger partial charge in [-0.2, -0.15) is 0 Å². The summed E-state index contributed by atoms with van der Waals surface area (Å²) in [5.74, 6) is -1.02. The number of aliphatic carboxylic acids is 1. The maximum atomic E-state index is 13.3. The largest absolute Gasteiger partial charge is 0.481 e. The van der Waals surface area contributed by atoms with Crippen molar-refractivity contribution in [2.45, 2.75) is 25.3 Å². The van der Waals surface area contributed by atoms with Gasteiger partial charge in [-0.15, -0.1) is 0 Å². The van der Waals surface area contributed by atoms with E-state index in [4.69, 9.17) is 4.98 Å². The Labute approximate surface area is 196 Å². The lowest BCUT2D eigenvalue weighted by Crippen LogP contribution is -2.31. The van der Waals surface area contributed by atoms with Crippen LogP contribution in [0.3, 0.4) is 0 Å². The zero-order chi connectivity index (χ0) is 22.8. The van der Waals surface area contributed by atoms with Crippen LogP contribution in [0.25, 0.3) is 32.8 Å². The predicted octanol–water partition coefficient (Wildman–Crippen LogP) is 6.73. The number of thiazole rings is 1. The van der Waals surface area contributed by atoms with E-state index in [0.717, 1.165) is 57.3 Å². The van der Waals surface area contributed by atoms with Crippen molar-refractivity contribution in [3.63, 3.8) is 0 Å². The van der Waals surface area contributed by atoms with Crippen LogP contribution in [0.5, 0.6) is 0 Å². The first-order chi connectivity index (χ1) is 16.1. The lowest BCUT2D eigenvalue weighted by atomic mass is 10.0. The number of benzene rings is 3. The Bertz CT molecular complexity index is 1250. The number of anilines is 1. The zero-order valence-electron chi connectivity index (χ0n) is 17.9. The summed E-state index contributed by atoms with van der Waals surface area (Å²) < 4.78 is 13.3. The van der Waals surface area contributed by atoms with Crippen molar-refractivity contribution < 1.29 is 14.3 Å². The van der Waals surface area contributed by atoms with E-state index in [2.05, 4.69) is 17.0 Å². The van der Waals surface area contributed by atoms with Crippen molar-refractivity contribution in [2.75, 3.05) is 11.4 Å². The lowest BCUT2D eigenvalue weighted by Gasteiger charge is -2.22. The quantitative estimate of drug-likeness (QED) is 0.348. The molecule has 3 aromatic carbocycles. The van der Waals surface area contributed by atoms with Gasteiger partial charge in [0.1, 0.15) is 5.82 Å². The molecule has 4 nitrogen and oxygen atoms in total. The molecule has 5 rings (SSSR count). The lowest BCUT2D eigenvalue weighted by molar-refractivity contribution is -0.137. The van der Waals surface area contributed by atoms with Gasteiger partial charge < -0.3 is 10.0 Å². The van der Waals surface area contributed by atoms with Gasteiger partial charge in [0.05, 0.1) is 17.0 Å². The van der Waals surface area contributed by atoms with Crippen LogP contribution in [0.1, 0.15) is 19.3 Å². The topological polar surface area (TPSA) is 53.4 Å². The van der Waals surface area contributed by atoms with E-state index in [1.54, 1.807) is 23.5 Å². The first-order valence-electron chi connectivity index (χ1n) is 11.0. The number of nitrogens with zero attached hydrogens (tertiary/aromatic N) is 2. The predicted molar refractivity (Wildman–Crippen MR) is 131 cm³/mol. The van der Waals surface area contributed by atoms with Gasteiger partial charge in [-0.1, -0.05) is 78.1 Å². The van der Waals surface area contributed by atoms with E-state index in [1.807, 2.05) is 42.5 Å². The summed E-state index contributed by atoms with van der Waals surface area (Å²) >= 11 is 1.62. The van der Waals surface area contributed by atoms with Crippen LogP contribution in [0, 0.1) is 5.82 Å². The van der Waals surface area contributed by atoms with E-state index >= 15 is 0 Å².